The van der Waals surface area contributed by atoms with Crippen LogP contribution in [-0.2, 0) is 6.54 Å². The number of aromatic hydroxyl groups is 2. The molecule has 8 heteroatoms. The van der Waals surface area contributed by atoms with E-state index in [9.17, 15) is 10.2 Å². The van der Waals surface area contributed by atoms with Crippen LogP contribution in [0.15, 0.2) is 42.5 Å². The Balaban J connectivity index is 1.94. The monoisotopic (exact) mass is 521 g/mol. The zero-order valence-corrected chi connectivity index (χ0v) is 22.7. The number of hydrogen-bond acceptors (Lipinski definition) is 7. The SMILES string of the molecule is CCN(CC)CCCn1c(/C=C/c2ccc(O)c(OC)c2)cc(/C=C/c2ccc(O)c(OC)c2)nc1=S. The number of phenols is 2. The lowest BCUT2D eigenvalue weighted by Crippen LogP contribution is -2.25. The number of aromatic nitrogens is 2. The van der Waals surface area contributed by atoms with Crippen LogP contribution in [0.5, 0.6) is 23.0 Å². The molecular weight excluding hydrogens is 486 g/mol. The first-order valence-electron chi connectivity index (χ1n) is 12.3. The number of phenolic OH excluding ortho intramolecular Hbond substituents is 2. The van der Waals surface area contributed by atoms with Gasteiger partial charge < -0.3 is 29.2 Å². The predicted octanol–water partition coefficient (Wildman–Crippen LogP) is 6.11. The summed E-state index contributed by atoms with van der Waals surface area (Å²) in [5.74, 6) is 1.02. The van der Waals surface area contributed by atoms with Crippen LogP contribution in [0.3, 0.4) is 0 Å². The summed E-state index contributed by atoms with van der Waals surface area (Å²) in [6.45, 7) is 8.10. The summed E-state index contributed by atoms with van der Waals surface area (Å²) < 4.78 is 13.0. The van der Waals surface area contributed by atoms with Gasteiger partial charge in [0.2, 0.25) is 0 Å². The van der Waals surface area contributed by atoms with Crippen LogP contribution in [0.4, 0.5) is 0 Å². The third kappa shape index (κ3) is 7.68. The first-order chi connectivity index (χ1) is 17.9. The van der Waals surface area contributed by atoms with E-state index < -0.39 is 0 Å². The first kappa shape index (κ1) is 28.0. The zero-order chi connectivity index (χ0) is 26.8. The van der Waals surface area contributed by atoms with Crippen LogP contribution in [0, 0.1) is 4.77 Å². The summed E-state index contributed by atoms with van der Waals surface area (Å²) in [5, 5.41) is 19.8. The lowest BCUT2D eigenvalue weighted by atomic mass is 10.1. The molecule has 0 fully saturated rings. The highest BCUT2D eigenvalue weighted by molar-refractivity contribution is 7.71. The van der Waals surface area contributed by atoms with Gasteiger partial charge in [-0.05, 0) is 91.9 Å². The molecule has 0 saturated heterocycles. The Kier molecular flexibility index (Phi) is 10.3. The molecule has 0 atom stereocenters. The van der Waals surface area contributed by atoms with Crippen molar-refractivity contribution in [3.05, 3.63) is 69.8 Å². The van der Waals surface area contributed by atoms with E-state index in [-0.39, 0.29) is 11.5 Å². The topological polar surface area (TPSA) is 80.0 Å². The molecule has 0 aliphatic carbocycles. The summed E-state index contributed by atoms with van der Waals surface area (Å²) >= 11 is 5.70. The quantitative estimate of drug-likeness (QED) is 0.278. The molecular formula is C29H35N3O4S. The molecule has 3 rings (SSSR count). The van der Waals surface area contributed by atoms with Crippen LogP contribution in [0.25, 0.3) is 24.3 Å². The Morgan fingerprint density at radius 3 is 1.97 bits per heavy atom. The zero-order valence-electron chi connectivity index (χ0n) is 21.8. The second-order valence-corrected chi connectivity index (χ2v) is 8.81. The number of methoxy groups -OCH3 is 2. The minimum Gasteiger partial charge on any atom is -0.504 e. The molecule has 0 spiro atoms. The molecule has 0 aliphatic rings. The van der Waals surface area contributed by atoms with Crippen molar-refractivity contribution in [3.63, 3.8) is 0 Å². The van der Waals surface area contributed by atoms with Crippen LogP contribution >= 0.6 is 12.2 Å². The molecule has 1 aromatic heterocycles. The molecule has 196 valence electrons. The van der Waals surface area contributed by atoms with Gasteiger partial charge in [-0.3, -0.25) is 0 Å². The number of rotatable bonds is 12. The van der Waals surface area contributed by atoms with Crippen molar-refractivity contribution in [2.75, 3.05) is 33.9 Å². The van der Waals surface area contributed by atoms with Gasteiger partial charge in [0.05, 0.1) is 19.9 Å². The Morgan fingerprint density at radius 2 is 1.43 bits per heavy atom. The second kappa shape index (κ2) is 13.6. The van der Waals surface area contributed by atoms with E-state index >= 15 is 0 Å². The Hall–Kier alpha value is -3.62. The van der Waals surface area contributed by atoms with Crippen LogP contribution < -0.4 is 9.47 Å². The van der Waals surface area contributed by atoms with Gasteiger partial charge in [-0.2, -0.15) is 0 Å². The van der Waals surface area contributed by atoms with Gasteiger partial charge in [0.1, 0.15) is 0 Å². The van der Waals surface area contributed by atoms with Crippen LogP contribution in [0.2, 0.25) is 0 Å². The molecule has 3 aromatic rings. The molecule has 0 amide bonds. The third-order valence-corrected chi connectivity index (χ3v) is 6.43. The molecule has 0 saturated carbocycles. The van der Waals surface area contributed by atoms with Crippen LogP contribution in [-0.4, -0.2) is 58.5 Å². The highest BCUT2D eigenvalue weighted by atomic mass is 32.1. The number of nitrogens with zero attached hydrogens (tertiary/aromatic N) is 3. The lowest BCUT2D eigenvalue weighted by Gasteiger charge is -2.19. The minimum atomic E-state index is 0.0920. The Labute approximate surface area is 223 Å². The van der Waals surface area contributed by atoms with Gasteiger partial charge in [-0.15, -0.1) is 0 Å². The second-order valence-electron chi connectivity index (χ2n) is 8.45. The van der Waals surface area contributed by atoms with E-state index in [2.05, 4.69) is 23.7 Å². The molecule has 0 bridgehead atoms. The smallest absolute Gasteiger partial charge is 0.200 e. The van der Waals surface area contributed by atoms with Gasteiger partial charge in [0, 0.05) is 12.2 Å². The maximum atomic E-state index is 9.91. The minimum absolute atomic E-state index is 0.0920. The average Bonchev–Trinajstić information content (AvgIpc) is 2.91. The normalized spacial score (nSPS) is 11.6. The molecule has 1 heterocycles. The maximum absolute atomic E-state index is 9.91. The molecule has 2 aromatic carbocycles. The third-order valence-electron chi connectivity index (χ3n) is 6.11. The summed E-state index contributed by atoms with van der Waals surface area (Å²) in [7, 11) is 3.05. The fourth-order valence-electron chi connectivity index (χ4n) is 3.94. The Morgan fingerprint density at radius 1 is 0.865 bits per heavy atom. The van der Waals surface area contributed by atoms with E-state index in [1.54, 1.807) is 30.3 Å². The average molecular weight is 522 g/mol. The fraction of sp³-hybridized carbons (Fsp3) is 0.310. The lowest BCUT2D eigenvalue weighted by molar-refractivity contribution is 0.292. The van der Waals surface area contributed by atoms with Gasteiger partial charge in [0.15, 0.2) is 27.8 Å². The molecule has 7 nitrogen and oxygen atoms in total. The molecule has 0 unspecified atom stereocenters. The van der Waals surface area contributed by atoms with E-state index in [0.29, 0.717) is 16.3 Å². The van der Waals surface area contributed by atoms with Gasteiger partial charge >= 0.3 is 0 Å². The van der Waals surface area contributed by atoms with Crippen LogP contribution in [0.1, 0.15) is 42.8 Å². The number of benzene rings is 2. The molecule has 0 radical (unpaired) electrons. The van der Waals surface area contributed by atoms with E-state index in [1.165, 1.54) is 14.2 Å². The summed E-state index contributed by atoms with van der Waals surface area (Å²) in [4.78, 5) is 7.04. The first-order valence-corrected chi connectivity index (χ1v) is 12.7. The largest absolute Gasteiger partial charge is 0.504 e. The molecule has 0 aliphatic heterocycles. The van der Waals surface area contributed by atoms with Crippen molar-refractivity contribution in [1.82, 2.24) is 14.5 Å². The number of ether oxygens (including phenoxy) is 2. The number of hydrogen-bond donors (Lipinski definition) is 2. The summed E-state index contributed by atoms with van der Waals surface area (Å²) in [5.41, 5.74) is 3.40. The van der Waals surface area contributed by atoms with Gasteiger partial charge in [-0.1, -0.05) is 38.1 Å². The molecule has 2 N–H and O–H groups in total. The van der Waals surface area contributed by atoms with Crippen molar-refractivity contribution in [2.24, 2.45) is 0 Å². The van der Waals surface area contributed by atoms with E-state index in [4.69, 9.17) is 21.7 Å². The highest BCUT2D eigenvalue weighted by Gasteiger charge is 2.07. The van der Waals surface area contributed by atoms with Crippen molar-refractivity contribution < 1.29 is 19.7 Å². The highest BCUT2D eigenvalue weighted by Crippen LogP contribution is 2.28. The maximum Gasteiger partial charge on any atom is 0.200 e. The van der Waals surface area contributed by atoms with Crippen molar-refractivity contribution in [1.29, 1.82) is 0 Å². The van der Waals surface area contributed by atoms with Crippen molar-refractivity contribution >= 4 is 36.5 Å². The van der Waals surface area contributed by atoms with Gasteiger partial charge in [-0.25, -0.2) is 4.98 Å². The molecule has 37 heavy (non-hydrogen) atoms. The van der Waals surface area contributed by atoms with Crippen molar-refractivity contribution in [3.8, 4) is 23.0 Å². The van der Waals surface area contributed by atoms with Crippen molar-refractivity contribution in [2.45, 2.75) is 26.8 Å². The summed E-state index contributed by atoms with van der Waals surface area (Å²) in [6.07, 6.45) is 8.71. The van der Waals surface area contributed by atoms with E-state index in [1.807, 2.05) is 41.0 Å². The Bertz CT molecular complexity index is 1310. The predicted molar refractivity (Wildman–Crippen MR) is 153 cm³/mol. The van der Waals surface area contributed by atoms with Gasteiger partial charge in [0.25, 0.3) is 0 Å². The van der Waals surface area contributed by atoms with E-state index in [0.717, 1.165) is 55.1 Å². The fourth-order valence-corrected chi connectivity index (χ4v) is 4.24. The summed E-state index contributed by atoms with van der Waals surface area (Å²) in [6, 6.07) is 12.4. The standard InChI is InChI=1S/C29H35N3O4S/c1-5-31(6-2)16-7-17-32-24(13-9-22-11-15-26(34)28(19-22)36-4)20-23(30-29(32)37)12-8-21-10-14-25(33)27(18-21)35-3/h8-15,18-20,33-34H,5-7,16-17H2,1-4H3/b12-8+,13-9+.